The van der Waals surface area contributed by atoms with Crippen LogP contribution in [0, 0.1) is 10.7 Å². The summed E-state index contributed by atoms with van der Waals surface area (Å²) in [5.41, 5.74) is -0.976. The Morgan fingerprint density at radius 1 is 0.913 bits per heavy atom. The van der Waals surface area contributed by atoms with Crippen molar-refractivity contribution in [1.29, 1.82) is 0 Å². The van der Waals surface area contributed by atoms with Crippen LogP contribution < -0.4 is 5.32 Å². The Bertz CT molecular complexity index is 655. The smallest absolute Gasteiger partial charge is 0.412 e. The van der Waals surface area contributed by atoms with Gasteiger partial charge in [0.1, 0.15) is 5.60 Å². The number of rotatable bonds is 3. The van der Waals surface area contributed by atoms with Crippen LogP contribution in [-0.4, -0.2) is 33.8 Å². The van der Waals surface area contributed by atoms with E-state index in [2.05, 4.69) is 5.32 Å². The molecule has 0 fully saturated rings. The van der Waals surface area contributed by atoms with Crippen LogP contribution in [0.3, 0.4) is 0 Å². The molecule has 1 rings (SSSR count). The number of hydrogen-bond donors (Lipinski definition) is 3. The third kappa shape index (κ3) is 5.04. The van der Waals surface area contributed by atoms with Crippen molar-refractivity contribution in [2.45, 2.75) is 26.4 Å². The summed E-state index contributed by atoms with van der Waals surface area (Å²) in [6.07, 6.45) is -0.790. The molecular weight excluding hydrogens is 647 g/mol. The Morgan fingerprint density at radius 2 is 1.30 bits per heavy atom. The second-order valence-electron chi connectivity index (χ2n) is 5.30. The first-order valence-corrected chi connectivity index (χ1v) is 9.27. The Labute approximate surface area is 173 Å². The first-order valence-electron chi connectivity index (χ1n) is 6.03. The van der Waals surface area contributed by atoms with Crippen molar-refractivity contribution in [2.75, 3.05) is 5.32 Å². The van der Waals surface area contributed by atoms with Crippen LogP contribution in [0.15, 0.2) is 0 Å². The summed E-state index contributed by atoms with van der Waals surface area (Å²) >= 11 is 5.21. The lowest BCUT2D eigenvalue weighted by Crippen LogP contribution is -2.28. The van der Waals surface area contributed by atoms with E-state index in [1.54, 1.807) is 88.5 Å². The van der Waals surface area contributed by atoms with Gasteiger partial charge in [0.05, 0.1) is 24.0 Å². The molecule has 3 N–H and O–H groups in total. The normalized spacial score (nSPS) is 11.0. The van der Waals surface area contributed by atoms with Crippen molar-refractivity contribution in [2.24, 2.45) is 0 Å². The summed E-state index contributed by atoms with van der Waals surface area (Å²) in [7, 11) is 0. The SMILES string of the molecule is CC(C)(C)OC(=O)Nc1c(I)c(C(=O)O)c(I)c(C(=O)O)c1I. The van der Waals surface area contributed by atoms with Crippen LogP contribution in [0.4, 0.5) is 10.5 Å². The van der Waals surface area contributed by atoms with Gasteiger partial charge in [-0.3, -0.25) is 5.32 Å². The number of benzene rings is 1. The van der Waals surface area contributed by atoms with E-state index in [1.807, 2.05) is 0 Å². The highest BCUT2D eigenvalue weighted by atomic mass is 127. The first-order chi connectivity index (χ1) is 10.4. The lowest BCUT2D eigenvalue weighted by molar-refractivity contribution is 0.0629. The van der Waals surface area contributed by atoms with Crippen molar-refractivity contribution in [3.05, 3.63) is 21.8 Å². The van der Waals surface area contributed by atoms with Gasteiger partial charge in [-0.1, -0.05) is 0 Å². The third-order valence-electron chi connectivity index (χ3n) is 2.37. The van der Waals surface area contributed by atoms with Gasteiger partial charge in [-0.15, -0.1) is 0 Å². The minimum absolute atomic E-state index is 0.103. The van der Waals surface area contributed by atoms with Crippen LogP contribution in [0.25, 0.3) is 0 Å². The molecule has 0 saturated carbocycles. The Kier molecular flexibility index (Phi) is 6.89. The van der Waals surface area contributed by atoms with Crippen LogP contribution in [0.1, 0.15) is 41.5 Å². The van der Waals surface area contributed by atoms with Gasteiger partial charge in [-0.2, -0.15) is 0 Å². The lowest BCUT2D eigenvalue weighted by Gasteiger charge is -2.21. The molecular formula is C13H12I3NO6. The highest BCUT2D eigenvalue weighted by Gasteiger charge is 2.29. The number of aromatic carboxylic acids is 2. The second kappa shape index (κ2) is 7.67. The molecule has 0 saturated heterocycles. The summed E-state index contributed by atoms with van der Waals surface area (Å²) in [5.74, 6) is -2.55. The van der Waals surface area contributed by atoms with Gasteiger partial charge in [0.15, 0.2) is 0 Å². The van der Waals surface area contributed by atoms with E-state index >= 15 is 0 Å². The molecule has 0 aromatic heterocycles. The molecule has 0 spiro atoms. The number of carboxylic acids is 2. The molecule has 0 heterocycles. The molecule has 1 amide bonds. The van der Waals surface area contributed by atoms with E-state index in [1.165, 1.54) is 0 Å². The maximum Gasteiger partial charge on any atom is 0.412 e. The Morgan fingerprint density at radius 3 is 1.61 bits per heavy atom. The summed E-state index contributed by atoms with van der Waals surface area (Å²) < 4.78 is 5.70. The molecule has 0 aliphatic carbocycles. The van der Waals surface area contributed by atoms with E-state index in [-0.39, 0.29) is 27.5 Å². The monoisotopic (exact) mass is 659 g/mol. The van der Waals surface area contributed by atoms with Gasteiger partial charge in [-0.05, 0) is 88.5 Å². The lowest BCUT2D eigenvalue weighted by atomic mass is 10.1. The third-order valence-corrected chi connectivity index (χ3v) is 5.61. The highest BCUT2D eigenvalue weighted by Crippen LogP contribution is 2.36. The fourth-order valence-corrected chi connectivity index (χ4v) is 5.91. The van der Waals surface area contributed by atoms with Gasteiger partial charge >= 0.3 is 18.0 Å². The fourth-order valence-electron chi connectivity index (χ4n) is 1.56. The molecule has 0 radical (unpaired) electrons. The number of carboxylic acid groups (broad SMARTS) is 2. The zero-order valence-electron chi connectivity index (χ0n) is 12.2. The first kappa shape index (κ1) is 20.7. The standard InChI is InChI=1S/C13H12I3NO6/c1-13(2,3)23-12(22)17-9-7(15)4(10(18)19)6(14)5(8(9)16)11(20)21/h1-3H3,(H,17,22)(H,18,19)(H,20,21). The number of anilines is 1. The minimum Gasteiger partial charge on any atom is -0.478 e. The second-order valence-corrected chi connectivity index (χ2v) is 8.54. The molecule has 0 unspecified atom stereocenters. The molecule has 23 heavy (non-hydrogen) atoms. The topological polar surface area (TPSA) is 113 Å². The van der Waals surface area contributed by atoms with Crippen LogP contribution in [-0.2, 0) is 4.74 Å². The number of halogens is 3. The number of amides is 1. The minimum atomic E-state index is -1.27. The zero-order valence-corrected chi connectivity index (χ0v) is 18.6. The van der Waals surface area contributed by atoms with Gasteiger partial charge in [0.2, 0.25) is 0 Å². The number of nitrogens with one attached hydrogen (secondary N) is 1. The number of hydrogen-bond acceptors (Lipinski definition) is 4. The quantitative estimate of drug-likeness (QED) is 0.419. The maximum atomic E-state index is 11.9. The van der Waals surface area contributed by atoms with Crippen molar-refractivity contribution in [1.82, 2.24) is 0 Å². The molecule has 7 nitrogen and oxygen atoms in total. The maximum absolute atomic E-state index is 11.9. The van der Waals surface area contributed by atoms with Gasteiger partial charge < -0.3 is 14.9 Å². The van der Waals surface area contributed by atoms with E-state index in [0.717, 1.165) is 0 Å². The molecule has 0 bridgehead atoms. The van der Waals surface area contributed by atoms with Crippen molar-refractivity contribution in [3.8, 4) is 0 Å². The predicted molar refractivity (Wildman–Crippen MR) is 108 cm³/mol. The van der Waals surface area contributed by atoms with Gasteiger partial charge in [0, 0.05) is 3.57 Å². The summed E-state index contributed by atoms with van der Waals surface area (Å²) in [5, 5.41) is 21.1. The van der Waals surface area contributed by atoms with E-state index < -0.39 is 23.6 Å². The van der Waals surface area contributed by atoms with Crippen molar-refractivity contribution < 1.29 is 29.3 Å². The number of carbonyl (C=O) groups excluding carboxylic acids is 1. The molecule has 126 valence electrons. The molecule has 0 aliphatic rings. The fraction of sp³-hybridized carbons (Fsp3) is 0.308. The van der Waals surface area contributed by atoms with Crippen molar-refractivity contribution in [3.63, 3.8) is 0 Å². The van der Waals surface area contributed by atoms with Crippen molar-refractivity contribution >= 4 is 91.5 Å². The summed E-state index contributed by atoms with van der Waals surface area (Å²) in [6.45, 7) is 5.05. The summed E-state index contributed by atoms with van der Waals surface area (Å²) in [4.78, 5) is 34.8. The number of ether oxygens (including phenoxy) is 1. The van der Waals surface area contributed by atoms with E-state index in [9.17, 15) is 24.6 Å². The predicted octanol–water partition coefficient (Wildman–Crippen LogP) is 4.24. The van der Waals surface area contributed by atoms with E-state index in [4.69, 9.17) is 4.74 Å². The Hall–Kier alpha value is -0.380. The molecule has 10 heteroatoms. The summed E-state index contributed by atoms with van der Waals surface area (Å²) in [6, 6.07) is 0. The van der Waals surface area contributed by atoms with Crippen LogP contribution >= 0.6 is 67.8 Å². The molecule has 1 aromatic carbocycles. The van der Waals surface area contributed by atoms with E-state index in [0.29, 0.717) is 0 Å². The Balaban J connectivity index is 3.51. The molecule has 0 atom stereocenters. The van der Waals surface area contributed by atoms with Crippen LogP contribution in [0.5, 0.6) is 0 Å². The van der Waals surface area contributed by atoms with Gasteiger partial charge in [0.25, 0.3) is 0 Å². The molecule has 0 aliphatic heterocycles. The zero-order chi connectivity index (χ0) is 18.1. The highest BCUT2D eigenvalue weighted by molar-refractivity contribution is 14.1. The number of carbonyl (C=O) groups is 3. The molecule has 1 aromatic rings. The van der Waals surface area contributed by atoms with Crippen LogP contribution in [0.2, 0.25) is 0 Å². The van der Waals surface area contributed by atoms with Gasteiger partial charge in [-0.25, -0.2) is 14.4 Å². The largest absolute Gasteiger partial charge is 0.478 e. The average Bonchev–Trinajstić information content (AvgIpc) is 2.31. The average molecular weight is 659 g/mol.